The lowest BCUT2D eigenvalue weighted by Crippen LogP contribution is -2.24. The number of halogens is 3. The van der Waals surface area contributed by atoms with Gasteiger partial charge in [0.1, 0.15) is 16.9 Å². The van der Waals surface area contributed by atoms with Gasteiger partial charge in [0.05, 0.1) is 5.69 Å². The summed E-state index contributed by atoms with van der Waals surface area (Å²) in [5.41, 5.74) is 2.98. The standard InChI is InChI=1S/C26H27F2IN8/c1-18(31-11-6-15-36-13-2-3-14-36)19-17-30-12-10-20(19)33-25-22-8-5-16-37(22)35-24(34-25)21-7-4-9-23(32-21)26(27,28)29/h4-5,7-10,12,16-17,31H,1-3,6,11,13-15H2,(H,30,33,34,35). The van der Waals surface area contributed by atoms with Gasteiger partial charge in [-0.1, -0.05) is 12.6 Å². The smallest absolute Gasteiger partial charge is 0.337 e. The van der Waals surface area contributed by atoms with Crippen LogP contribution in [0.1, 0.15) is 30.5 Å². The molecule has 0 saturated carbocycles. The molecule has 2 N–H and O–H groups in total. The highest BCUT2D eigenvalue weighted by atomic mass is 127. The maximum absolute atomic E-state index is 13.9. The predicted molar refractivity (Wildman–Crippen MR) is 149 cm³/mol. The number of pyridine rings is 2. The summed E-state index contributed by atoms with van der Waals surface area (Å²) in [6.45, 7) is 8.49. The third-order valence-electron chi connectivity index (χ3n) is 6.25. The second-order valence-electron chi connectivity index (χ2n) is 8.88. The molecule has 0 amide bonds. The molecular formula is C26H27F2IN8. The zero-order valence-electron chi connectivity index (χ0n) is 20.2. The third-order valence-corrected chi connectivity index (χ3v) is 6.80. The van der Waals surface area contributed by atoms with E-state index in [0.29, 0.717) is 5.82 Å². The van der Waals surface area contributed by atoms with Gasteiger partial charge in [-0.05, 0) is 69.2 Å². The molecule has 4 aromatic rings. The number of fused-ring (bicyclic) bond motifs is 1. The molecule has 192 valence electrons. The van der Waals surface area contributed by atoms with E-state index < -0.39 is 3.93 Å². The van der Waals surface area contributed by atoms with Crippen LogP contribution in [-0.4, -0.2) is 55.6 Å². The Bertz CT molecular complexity index is 1390. The summed E-state index contributed by atoms with van der Waals surface area (Å²) in [6, 6.07) is 10.0. The monoisotopic (exact) mass is 616 g/mol. The number of rotatable bonds is 10. The Balaban J connectivity index is 1.38. The summed E-state index contributed by atoms with van der Waals surface area (Å²) in [4.78, 5) is 15.5. The maximum atomic E-state index is 13.9. The van der Waals surface area contributed by atoms with Crippen LogP contribution in [0.3, 0.4) is 0 Å². The van der Waals surface area contributed by atoms with E-state index in [1.807, 2.05) is 18.2 Å². The number of nitrogens with zero attached hydrogens (tertiary/aromatic N) is 6. The zero-order chi connectivity index (χ0) is 25.8. The summed E-state index contributed by atoms with van der Waals surface area (Å²) < 4.78 is 26.3. The molecule has 0 aromatic carbocycles. The molecule has 37 heavy (non-hydrogen) atoms. The molecule has 8 nitrogen and oxygen atoms in total. The van der Waals surface area contributed by atoms with Crippen LogP contribution in [0.4, 0.5) is 20.3 Å². The van der Waals surface area contributed by atoms with Gasteiger partial charge < -0.3 is 15.5 Å². The number of hydrogen-bond donors (Lipinski definition) is 2. The van der Waals surface area contributed by atoms with Gasteiger partial charge in [0.15, 0.2) is 5.82 Å². The minimum absolute atomic E-state index is 0.225. The first kappa shape index (κ1) is 25.5. The number of aromatic nitrogens is 5. The molecule has 4 aromatic heterocycles. The molecule has 1 aliphatic rings. The van der Waals surface area contributed by atoms with Crippen LogP contribution in [0.25, 0.3) is 22.7 Å². The Labute approximate surface area is 227 Å². The molecule has 5 rings (SSSR count). The zero-order valence-corrected chi connectivity index (χ0v) is 22.3. The van der Waals surface area contributed by atoms with Crippen LogP contribution in [0.2, 0.25) is 0 Å². The largest absolute Gasteiger partial charge is 0.385 e. The van der Waals surface area contributed by atoms with Crippen molar-refractivity contribution in [2.24, 2.45) is 0 Å². The molecule has 0 atom stereocenters. The van der Waals surface area contributed by atoms with E-state index >= 15 is 0 Å². The van der Waals surface area contributed by atoms with Crippen molar-refractivity contribution < 1.29 is 8.78 Å². The van der Waals surface area contributed by atoms with Crippen molar-refractivity contribution in [2.45, 2.75) is 23.2 Å². The average Bonchev–Trinajstić information content (AvgIpc) is 3.59. The Morgan fingerprint density at radius 1 is 1.11 bits per heavy atom. The SMILES string of the molecule is C=C(NCCCN1CCCC1)c1cnccc1Nc1nc(-c2cccc(C(F)(F)I)n2)nn2cccc12. The molecule has 0 radical (unpaired) electrons. The molecule has 1 saturated heterocycles. The average molecular weight is 616 g/mol. The highest BCUT2D eigenvalue weighted by Gasteiger charge is 2.29. The van der Waals surface area contributed by atoms with E-state index in [1.54, 1.807) is 29.2 Å². The van der Waals surface area contributed by atoms with Gasteiger partial charge in [-0.25, -0.2) is 14.5 Å². The molecule has 5 heterocycles. The van der Waals surface area contributed by atoms with Crippen LogP contribution in [0.5, 0.6) is 0 Å². The lowest BCUT2D eigenvalue weighted by atomic mass is 10.1. The maximum Gasteiger partial charge on any atom is 0.337 e. The number of hydrogen-bond acceptors (Lipinski definition) is 7. The fourth-order valence-electron chi connectivity index (χ4n) is 4.37. The minimum atomic E-state index is -3.10. The lowest BCUT2D eigenvalue weighted by Gasteiger charge is -2.17. The van der Waals surface area contributed by atoms with Gasteiger partial charge in [0, 0.05) is 59.0 Å². The summed E-state index contributed by atoms with van der Waals surface area (Å²) in [5, 5.41) is 11.3. The van der Waals surface area contributed by atoms with E-state index in [9.17, 15) is 8.78 Å². The van der Waals surface area contributed by atoms with E-state index in [1.165, 1.54) is 38.1 Å². The topological polar surface area (TPSA) is 83.3 Å². The van der Waals surface area contributed by atoms with Gasteiger partial charge in [-0.2, -0.15) is 8.78 Å². The number of nitrogens with one attached hydrogen (secondary N) is 2. The van der Waals surface area contributed by atoms with E-state index in [-0.39, 0.29) is 17.2 Å². The van der Waals surface area contributed by atoms with E-state index in [4.69, 9.17) is 0 Å². The minimum Gasteiger partial charge on any atom is -0.385 e. The first-order valence-corrected chi connectivity index (χ1v) is 13.2. The quantitative estimate of drug-likeness (QED) is 0.139. The van der Waals surface area contributed by atoms with Crippen LogP contribution >= 0.6 is 22.6 Å². The Kier molecular flexibility index (Phi) is 7.60. The van der Waals surface area contributed by atoms with Crippen molar-refractivity contribution >= 4 is 45.3 Å². The van der Waals surface area contributed by atoms with Crippen LogP contribution in [-0.2, 0) is 3.93 Å². The fraction of sp³-hybridized carbons (Fsp3) is 0.308. The molecular weight excluding hydrogens is 589 g/mol. The second kappa shape index (κ2) is 11.1. The molecule has 1 fully saturated rings. The van der Waals surface area contributed by atoms with Crippen LogP contribution in [0.15, 0.2) is 61.6 Å². The fourth-order valence-corrected chi connectivity index (χ4v) is 4.67. The van der Waals surface area contributed by atoms with Crippen molar-refractivity contribution in [3.8, 4) is 11.5 Å². The van der Waals surface area contributed by atoms with Crippen molar-refractivity contribution in [1.29, 1.82) is 0 Å². The van der Waals surface area contributed by atoms with Gasteiger partial charge in [0.2, 0.25) is 5.82 Å². The molecule has 0 spiro atoms. The van der Waals surface area contributed by atoms with Crippen molar-refractivity contribution in [3.63, 3.8) is 0 Å². The molecule has 11 heteroatoms. The van der Waals surface area contributed by atoms with Crippen LogP contribution in [0, 0.1) is 0 Å². The molecule has 1 aliphatic heterocycles. The second-order valence-corrected chi connectivity index (χ2v) is 10.2. The molecule has 0 aliphatic carbocycles. The summed E-state index contributed by atoms with van der Waals surface area (Å²) >= 11 is 1.07. The van der Waals surface area contributed by atoms with E-state index in [2.05, 4.69) is 42.2 Å². The Morgan fingerprint density at radius 2 is 1.95 bits per heavy atom. The van der Waals surface area contributed by atoms with Crippen molar-refractivity contribution in [2.75, 3.05) is 31.5 Å². The highest BCUT2D eigenvalue weighted by molar-refractivity contribution is 14.1. The molecule has 0 unspecified atom stereocenters. The van der Waals surface area contributed by atoms with Gasteiger partial charge in [0.25, 0.3) is 0 Å². The number of likely N-dealkylation sites (tertiary alicyclic amines) is 1. The molecule has 0 bridgehead atoms. The summed E-state index contributed by atoms with van der Waals surface area (Å²) in [6.07, 6.45) is 8.83. The first-order valence-electron chi connectivity index (χ1n) is 12.1. The van der Waals surface area contributed by atoms with Gasteiger partial charge >= 0.3 is 3.93 Å². The summed E-state index contributed by atoms with van der Waals surface area (Å²) in [7, 11) is 0. The number of anilines is 2. The van der Waals surface area contributed by atoms with Crippen molar-refractivity contribution in [3.05, 3.63) is 72.8 Å². The third kappa shape index (κ3) is 6.04. The summed E-state index contributed by atoms with van der Waals surface area (Å²) in [5.74, 6) is 0.737. The predicted octanol–water partition coefficient (Wildman–Crippen LogP) is 5.46. The van der Waals surface area contributed by atoms with E-state index in [0.717, 1.165) is 64.6 Å². The first-order chi connectivity index (χ1) is 17.9. The van der Waals surface area contributed by atoms with Crippen LogP contribution < -0.4 is 10.6 Å². The Morgan fingerprint density at radius 3 is 2.76 bits per heavy atom. The van der Waals surface area contributed by atoms with Gasteiger partial charge in [-0.15, -0.1) is 5.10 Å². The van der Waals surface area contributed by atoms with Gasteiger partial charge in [-0.3, -0.25) is 4.98 Å². The normalized spacial score (nSPS) is 14.2. The number of alkyl halides is 3. The Hall–Kier alpha value is -3.19. The van der Waals surface area contributed by atoms with Crippen molar-refractivity contribution in [1.82, 2.24) is 34.8 Å². The lowest BCUT2D eigenvalue weighted by molar-refractivity contribution is 0.122. The highest BCUT2D eigenvalue weighted by Crippen LogP contribution is 2.34.